The number of halogens is 1. The summed E-state index contributed by atoms with van der Waals surface area (Å²) in [5.41, 5.74) is 2.15. The molecule has 1 aromatic carbocycles. The summed E-state index contributed by atoms with van der Waals surface area (Å²) in [6.07, 6.45) is 1.50. The van der Waals surface area contributed by atoms with Crippen molar-refractivity contribution in [1.82, 2.24) is 10.6 Å². The molecule has 1 unspecified atom stereocenters. The third kappa shape index (κ3) is 4.04. The molecule has 2 aromatic rings. The van der Waals surface area contributed by atoms with E-state index in [0.717, 1.165) is 17.5 Å². The highest BCUT2D eigenvalue weighted by Crippen LogP contribution is 2.32. The minimum absolute atomic E-state index is 0.000180. The van der Waals surface area contributed by atoms with Crippen molar-refractivity contribution < 1.29 is 18.3 Å². The Morgan fingerprint density at radius 2 is 2.23 bits per heavy atom. The van der Waals surface area contributed by atoms with Crippen LogP contribution >= 0.6 is 12.2 Å². The van der Waals surface area contributed by atoms with Gasteiger partial charge >= 0.3 is 5.97 Å². The second kappa shape index (κ2) is 7.86. The lowest BCUT2D eigenvalue weighted by molar-refractivity contribution is 0.0510. The molecule has 1 aromatic heterocycles. The largest absolute Gasteiger partial charge is 0.466 e. The van der Waals surface area contributed by atoms with Crippen molar-refractivity contribution in [3.63, 3.8) is 0 Å². The molecule has 7 heteroatoms. The van der Waals surface area contributed by atoms with Crippen molar-refractivity contribution in [3.8, 4) is 0 Å². The number of aryl methyl sites for hydroxylation is 2. The van der Waals surface area contributed by atoms with Crippen LogP contribution in [-0.4, -0.2) is 24.2 Å². The van der Waals surface area contributed by atoms with Gasteiger partial charge in [0, 0.05) is 0 Å². The SMILES string of the molecule is Cc1cc(C(=O)OCCNC(=S)NC2CCc3c(F)cccc32)c(C)o1. The zero-order valence-electron chi connectivity index (χ0n) is 14.7. The maximum Gasteiger partial charge on any atom is 0.341 e. The molecule has 3 rings (SSSR count). The molecule has 0 saturated heterocycles. The highest BCUT2D eigenvalue weighted by molar-refractivity contribution is 7.80. The number of esters is 1. The lowest BCUT2D eigenvalue weighted by Crippen LogP contribution is -2.38. The standard InChI is InChI=1S/C19H21FN2O3S/c1-11-10-15(12(2)25-11)18(23)24-9-8-21-19(26)22-17-7-6-13-14(17)4-3-5-16(13)20/h3-5,10,17H,6-9H2,1-2H3,(H2,21,22,26). The molecule has 0 amide bonds. The number of rotatable bonds is 5. The fourth-order valence-corrected chi connectivity index (χ4v) is 3.43. The Morgan fingerprint density at radius 3 is 2.96 bits per heavy atom. The van der Waals surface area contributed by atoms with Crippen LogP contribution in [0.5, 0.6) is 0 Å². The molecule has 1 atom stereocenters. The van der Waals surface area contributed by atoms with E-state index in [-0.39, 0.29) is 18.5 Å². The molecule has 0 radical (unpaired) electrons. The van der Waals surface area contributed by atoms with E-state index < -0.39 is 5.97 Å². The average Bonchev–Trinajstić information content (AvgIpc) is 3.15. The monoisotopic (exact) mass is 376 g/mol. The topological polar surface area (TPSA) is 63.5 Å². The van der Waals surface area contributed by atoms with Crippen LogP contribution in [0.25, 0.3) is 0 Å². The predicted molar refractivity (Wildman–Crippen MR) is 99.7 cm³/mol. The van der Waals surface area contributed by atoms with Gasteiger partial charge in [-0.2, -0.15) is 0 Å². The molecule has 0 bridgehead atoms. The van der Waals surface area contributed by atoms with Crippen molar-refractivity contribution in [2.24, 2.45) is 0 Å². The van der Waals surface area contributed by atoms with Crippen LogP contribution < -0.4 is 10.6 Å². The Balaban J connectivity index is 1.42. The molecule has 2 N–H and O–H groups in total. The summed E-state index contributed by atoms with van der Waals surface area (Å²) in [4.78, 5) is 12.0. The molecule has 0 aliphatic heterocycles. The van der Waals surface area contributed by atoms with E-state index >= 15 is 0 Å². The first-order chi connectivity index (χ1) is 12.5. The number of thiocarbonyl (C=S) groups is 1. The Hall–Kier alpha value is -2.41. The summed E-state index contributed by atoms with van der Waals surface area (Å²) in [7, 11) is 0. The maximum atomic E-state index is 13.8. The van der Waals surface area contributed by atoms with Crippen LogP contribution in [0.4, 0.5) is 4.39 Å². The molecular weight excluding hydrogens is 355 g/mol. The summed E-state index contributed by atoms with van der Waals surface area (Å²) in [6.45, 7) is 4.07. The highest BCUT2D eigenvalue weighted by Gasteiger charge is 2.25. The molecule has 0 saturated carbocycles. The number of ether oxygens (including phenoxy) is 1. The first-order valence-electron chi connectivity index (χ1n) is 8.51. The number of carbonyl (C=O) groups excluding carboxylic acids is 1. The average molecular weight is 376 g/mol. The van der Waals surface area contributed by atoms with Gasteiger partial charge in [-0.05, 0) is 62.2 Å². The Kier molecular flexibility index (Phi) is 5.56. The fraction of sp³-hybridized carbons (Fsp3) is 0.368. The van der Waals surface area contributed by atoms with E-state index in [1.165, 1.54) is 6.07 Å². The minimum atomic E-state index is -0.416. The zero-order chi connectivity index (χ0) is 18.7. The van der Waals surface area contributed by atoms with Gasteiger partial charge in [0.25, 0.3) is 0 Å². The fourth-order valence-electron chi connectivity index (χ4n) is 3.19. The number of furan rings is 1. The number of nitrogens with one attached hydrogen (secondary N) is 2. The smallest absolute Gasteiger partial charge is 0.341 e. The van der Waals surface area contributed by atoms with Gasteiger partial charge in [-0.3, -0.25) is 0 Å². The number of fused-ring (bicyclic) bond motifs is 1. The van der Waals surface area contributed by atoms with Gasteiger partial charge in [0.15, 0.2) is 5.11 Å². The van der Waals surface area contributed by atoms with Crippen LogP contribution in [0, 0.1) is 19.7 Å². The molecule has 1 aliphatic carbocycles. The summed E-state index contributed by atoms with van der Waals surface area (Å²) >= 11 is 5.28. The second-order valence-corrected chi connectivity index (χ2v) is 6.67. The molecule has 0 spiro atoms. The van der Waals surface area contributed by atoms with E-state index in [1.807, 2.05) is 6.07 Å². The maximum absolute atomic E-state index is 13.8. The van der Waals surface area contributed by atoms with Gasteiger partial charge in [0.2, 0.25) is 0 Å². The third-order valence-electron chi connectivity index (χ3n) is 4.40. The van der Waals surface area contributed by atoms with Gasteiger partial charge in [0.1, 0.15) is 29.5 Å². The van der Waals surface area contributed by atoms with E-state index in [1.54, 1.807) is 26.0 Å². The van der Waals surface area contributed by atoms with E-state index in [0.29, 0.717) is 35.2 Å². The summed E-state index contributed by atoms with van der Waals surface area (Å²) < 4.78 is 24.3. The van der Waals surface area contributed by atoms with Crippen LogP contribution in [0.1, 0.15) is 45.5 Å². The minimum Gasteiger partial charge on any atom is -0.466 e. The van der Waals surface area contributed by atoms with Crippen LogP contribution in [0.3, 0.4) is 0 Å². The quantitative estimate of drug-likeness (QED) is 0.474. The Bertz CT molecular complexity index is 834. The van der Waals surface area contributed by atoms with Crippen LogP contribution in [0.15, 0.2) is 28.7 Å². The van der Waals surface area contributed by atoms with Gasteiger partial charge in [-0.15, -0.1) is 0 Å². The van der Waals surface area contributed by atoms with Gasteiger partial charge < -0.3 is 19.8 Å². The van der Waals surface area contributed by atoms with E-state index in [4.69, 9.17) is 21.4 Å². The number of carbonyl (C=O) groups is 1. The Morgan fingerprint density at radius 1 is 1.42 bits per heavy atom. The lowest BCUT2D eigenvalue weighted by atomic mass is 10.1. The predicted octanol–water partition coefficient (Wildman–Crippen LogP) is 3.34. The van der Waals surface area contributed by atoms with E-state index in [2.05, 4.69) is 10.6 Å². The van der Waals surface area contributed by atoms with Gasteiger partial charge in [-0.1, -0.05) is 12.1 Å². The first-order valence-corrected chi connectivity index (χ1v) is 8.92. The summed E-state index contributed by atoms with van der Waals surface area (Å²) in [6, 6.07) is 6.77. The third-order valence-corrected chi connectivity index (χ3v) is 4.66. The lowest BCUT2D eigenvalue weighted by Gasteiger charge is -2.17. The summed E-state index contributed by atoms with van der Waals surface area (Å²) in [5, 5.41) is 6.66. The van der Waals surface area contributed by atoms with Crippen molar-refractivity contribution >= 4 is 23.3 Å². The van der Waals surface area contributed by atoms with Gasteiger partial charge in [-0.25, -0.2) is 9.18 Å². The van der Waals surface area contributed by atoms with Crippen molar-refractivity contribution in [1.29, 1.82) is 0 Å². The molecule has 0 fully saturated rings. The highest BCUT2D eigenvalue weighted by atomic mass is 32.1. The zero-order valence-corrected chi connectivity index (χ0v) is 15.5. The number of hydrogen-bond donors (Lipinski definition) is 2. The van der Waals surface area contributed by atoms with Gasteiger partial charge in [0.05, 0.1) is 12.6 Å². The molecule has 138 valence electrons. The molecule has 5 nitrogen and oxygen atoms in total. The normalized spacial score (nSPS) is 15.4. The van der Waals surface area contributed by atoms with Crippen molar-refractivity contribution in [2.75, 3.05) is 13.2 Å². The Labute approximate surface area is 156 Å². The summed E-state index contributed by atoms with van der Waals surface area (Å²) in [5.74, 6) is 0.638. The molecular formula is C19H21FN2O3S. The number of hydrogen-bond acceptors (Lipinski definition) is 4. The van der Waals surface area contributed by atoms with Crippen molar-refractivity contribution in [3.05, 3.63) is 58.3 Å². The molecule has 1 aliphatic rings. The van der Waals surface area contributed by atoms with E-state index in [9.17, 15) is 9.18 Å². The van der Waals surface area contributed by atoms with Crippen molar-refractivity contribution in [2.45, 2.75) is 32.7 Å². The number of benzene rings is 1. The van der Waals surface area contributed by atoms with Crippen LogP contribution in [0.2, 0.25) is 0 Å². The van der Waals surface area contributed by atoms with Crippen LogP contribution in [-0.2, 0) is 11.2 Å². The molecule has 1 heterocycles. The molecule has 26 heavy (non-hydrogen) atoms. The second-order valence-electron chi connectivity index (χ2n) is 6.26. The first kappa shape index (κ1) is 18.4.